The second-order valence-electron chi connectivity index (χ2n) is 7.21. The SMILES string of the molecule is CC(OCCN1CCC2(CC1)OCc1ccccc12)c1ccccc1. The highest BCUT2D eigenvalue weighted by atomic mass is 16.5. The van der Waals surface area contributed by atoms with Gasteiger partial charge in [0.25, 0.3) is 0 Å². The number of piperidine rings is 1. The Bertz CT molecular complexity index is 692. The van der Waals surface area contributed by atoms with Crippen molar-refractivity contribution >= 4 is 0 Å². The smallest absolute Gasteiger partial charge is 0.0963 e. The van der Waals surface area contributed by atoms with Crippen LogP contribution in [0.2, 0.25) is 0 Å². The van der Waals surface area contributed by atoms with Crippen LogP contribution in [0.3, 0.4) is 0 Å². The van der Waals surface area contributed by atoms with E-state index in [9.17, 15) is 0 Å². The van der Waals surface area contributed by atoms with Gasteiger partial charge in [-0.3, -0.25) is 0 Å². The predicted molar refractivity (Wildman–Crippen MR) is 99.4 cm³/mol. The lowest BCUT2D eigenvalue weighted by atomic mass is 9.84. The Morgan fingerprint density at radius 3 is 2.56 bits per heavy atom. The van der Waals surface area contributed by atoms with Gasteiger partial charge in [0.2, 0.25) is 0 Å². The van der Waals surface area contributed by atoms with Gasteiger partial charge in [0, 0.05) is 19.6 Å². The first-order valence-corrected chi connectivity index (χ1v) is 9.38. The van der Waals surface area contributed by atoms with Crippen LogP contribution in [0.4, 0.5) is 0 Å². The lowest BCUT2D eigenvalue weighted by Gasteiger charge is -2.39. The summed E-state index contributed by atoms with van der Waals surface area (Å²) >= 11 is 0. The number of nitrogens with zero attached hydrogens (tertiary/aromatic N) is 1. The third kappa shape index (κ3) is 3.50. The quantitative estimate of drug-likeness (QED) is 0.812. The molecule has 132 valence electrons. The Morgan fingerprint density at radius 1 is 1.04 bits per heavy atom. The third-order valence-electron chi connectivity index (χ3n) is 5.72. The molecule has 0 saturated carbocycles. The van der Waals surface area contributed by atoms with Crippen molar-refractivity contribution in [1.82, 2.24) is 4.90 Å². The lowest BCUT2D eigenvalue weighted by Crippen LogP contribution is -2.43. The molecule has 1 fully saturated rings. The van der Waals surface area contributed by atoms with Crippen molar-refractivity contribution in [3.63, 3.8) is 0 Å². The Labute approximate surface area is 150 Å². The van der Waals surface area contributed by atoms with Crippen LogP contribution in [0.15, 0.2) is 54.6 Å². The Balaban J connectivity index is 1.26. The number of fused-ring (bicyclic) bond motifs is 2. The van der Waals surface area contributed by atoms with Crippen LogP contribution in [0.5, 0.6) is 0 Å². The fourth-order valence-corrected chi connectivity index (χ4v) is 4.11. The molecule has 1 spiro atoms. The molecular weight excluding hydrogens is 310 g/mol. The number of hydrogen-bond acceptors (Lipinski definition) is 3. The van der Waals surface area contributed by atoms with Crippen LogP contribution in [-0.2, 0) is 21.7 Å². The minimum absolute atomic E-state index is 0.0364. The minimum Gasteiger partial charge on any atom is -0.372 e. The molecule has 25 heavy (non-hydrogen) atoms. The van der Waals surface area contributed by atoms with E-state index in [-0.39, 0.29) is 11.7 Å². The van der Waals surface area contributed by atoms with Gasteiger partial charge in [-0.2, -0.15) is 0 Å². The maximum atomic E-state index is 6.24. The number of likely N-dealkylation sites (tertiary alicyclic amines) is 1. The molecule has 2 aliphatic heterocycles. The van der Waals surface area contributed by atoms with Crippen LogP contribution < -0.4 is 0 Å². The second-order valence-corrected chi connectivity index (χ2v) is 7.21. The van der Waals surface area contributed by atoms with Gasteiger partial charge >= 0.3 is 0 Å². The van der Waals surface area contributed by atoms with E-state index in [0.29, 0.717) is 0 Å². The molecule has 0 bridgehead atoms. The molecule has 2 aliphatic rings. The molecular formula is C22H27NO2. The molecule has 1 saturated heterocycles. The Morgan fingerprint density at radius 2 is 1.76 bits per heavy atom. The highest BCUT2D eigenvalue weighted by Gasteiger charge is 2.42. The number of benzene rings is 2. The van der Waals surface area contributed by atoms with Gasteiger partial charge in [0.15, 0.2) is 0 Å². The second kappa shape index (κ2) is 7.28. The molecule has 0 radical (unpaired) electrons. The van der Waals surface area contributed by atoms with E-state index in [2.05, 4.69) is 60.4 Å². The van der Waals surface area contributed by atoms with Crippen LogP contribution in [0.1, 0.15) is 42.6 Å². The first-order chi connectivity index (χ1) is 12.3. The first kappa shape index (κ1) is 16.8. The van der Waals surface area contributed by atoms with E-state index in [1.807, 2.05) is 6.07 Å². The topological polar surface area (TPSA) is 21.7 Å². The summed E-state index contributed by atoms with van der Waals surface area (Å²) in [5.41, 5.74) is 4.00. The number of ether oxygens (including phenoxy) is 2. The maximum absolute atomic E-state index is 6.24. The van der Waals surface area contributed by atoms with E-state index in [4.69, 9.17) is 9.47 Å². The molecule has 0 aliphatic carbocycles. The van der Waals surface area contributed by atoms with Gasteiger partial charge in [-0.1, -0.05) is 54.6 Å². The Kier molecular flexibility index (Phi) is 4.89. The normalized spacial score (nSPS) is 20.5. The first-order valence-electron chi connectivity index (χ1n) is 9.38. The van der Waals surface area contributed by atoms with Gasteiger partial charge in [-0.05, 0) is 36.5 Å². The van der Waals surface area contributed by atoms with Crippen molar-refractivity contribution in [1.29, 1.82) is 0 Å². The third-order valence-corrected chi connectivity index (χ3v) is 5.72. The van der Waals surface area contributed by atoms with Crippen molar-refractivity contribution in [3.05, 3.63) is 71.3 Å². The minimum atomic E-state index is -0.0364. The van der Waals surface area contributed by atoms with Gasteiger partial charge in [0.1, 0.15) is 0 Å². The molecule has 3 nitrogen and oxygen atoms in total. The molecule has 2 aromatic rings. The summed E-state index contributed by atoms with van der Waals surface area (Å²) in [6.07, 6.45) is 2.32. The zero-order valence-electron chi connectivity index (χ0n) is 15.0. The molecule has 1 atom stereocenters. The lowest BCUT2D eigenvalue weighted by molar-refractivity contribution is -0.0821. The molecule has 4 rings (SSSR count). The molecule has 2 heterocycles. The van der Waals surface area contributed by atoms with Gasteiger partial charge in [-0.25, -0.2) is 0 Å². The van der Waals surface area contributed by atoms with E-state index < -0.39 is 0 Å². The predicted octanol–water partition coefficient (Wildman–Crippen LogP) is 4.29. The standard InChI is InChI=1S/C22H27NO2/c1-18(19-7-3-2-4-8-19)24-16-15-23-13-11-22(12-14-23)21-10-6-5-9-20(21)17-25-22/h2-10,18H,11-17H2,1H3. The van der Waals surface area contributed by atoms with Crippen LogP contribution in [-0.4, -0.2) is 31.1 Å². The average Bonchev–Trinajstić information content (AvgIpc) is 3.03. The summed E-state index contributed by atoms with van der Waals surface area (Å²) in [4.78, 5) is 2.51. The molecule has 0 N–H and O–H groups in total. The average molecular weight is 337 g/mol. The number of rotatable bonds is 5. The van der Waals surface area contributed by atoms with E-state index in [1.165, 1.54) is 16.7 Å². The highest BCUT2D eigenvalue weighted by Crippen LogP contribution is 2.43. The largest absolute Gasteiger partial charge is 0.372 e. The Hall–Kier alpha value is -1.68. The summed E-state index contributed by atoms with van der Waals surface area (Å²) in [7, 11) is 0. The van der Waals surface area contributed by atoms with Crippen LogP contribution in [0.25, 0.3) is 0 Å². The summed E-state index contributed by atoms with van der Waals surface area (Å²) in [5, 5.41) is 0. The van der Waals surface area contributed by atoms with Crippen LogP contribution in [0, 0.1) is 0 Å². The zero-order valence-corrected chi connectivity index (χ0v) is 15.0. The van der Waals surface area contributed by atoms with E-state index >= 15 is 0 Å². The summed E-state index contributed by atoms with van der Waals surface area (Å²) < 4.78 is 12.3. The van der Waals surface area contributed by atoms with Crippen molar-refractivity contribution < 1.29 is 9.47 Å². The van der Waals surface area contributed by atoms with Gasteiger partial charge in [0.05, 0.1) is 24.9 Å². The van der Waals surface area contributed by atoms with Crippen molar-refractivity contribution in [2.45, 2.75) is 38.1 Å². The molecule has 2 aromatic carbocycles. The monoisotopic (exact) mass is 337 g/mol. The van der Waals surface area contributed by atoms with Crippen molar-refractivity contribution in [3.8, 4) is 0 Å². The summed E-state index contributed by atoms with van der Waals surface area (Å²) in [5.74, 6) is 0. The fraction of sp³-hybridized carbons (Fsp3) is 0.455. The van der Waals surface area contributed by atoms with Crippen LogP contribution >= 0.6 is 0 Å². The highest BCUT2D eigenvalue weighted by molar-refractivity contribution is 5.35. The molecule has 0 aromatic heterocycles. The van der Waals surface area contributed by atoms with Gasteiger partial charge in [-0.15, -0.1) is 0 Å². The maximum Gasteiger partial charge on any atom is 0.0963 e. The summed E-state index contributed by atoms with van der Waals surface area (Å²) in [6, 6.07) is 19.1. The zero-order chi connectivity index (χ0) is 17.1. The van der Waals surface area contributed by atoms with Crippen molar-refractivity contribution in [2.24, 2.45) is 0 Å². The fourth-order valence-electron chi connectivity index (χ4n) is 4.11. The van der Waals surface area contributed by atoms with Gasteiger partial charge < -0.3 is 14.4 Å². The van der Waals surface area contributed by atoms with Crippen molar-refractivity contribution in [2.75, 3.05) is 26.2 Å². The summed E-state index contributed by atoms with van der Waals surface area (Å²) in [6.45, 7) is 6.84. The molecule has 3 heteroatoms. The van der Waals surface area contributed by atoms with E-state index in [0.717, 1.165) is 45.7 Å². The molecule has 0 amide bonds. The van der Waals surface area contributed by atoms with E-state index in [1.54, 1.807) is 0 Å². The number of hydrogen-bond donors (Lipinski definition) is 0. The molecule has 1 unspecified atom stereocenters.